The number of benzene rings is 1. The highest BCUT2D eigenvalue weighted by Gasteiger charge is 2.54. The van der Waals surface area contributed by atoms with Crippen molar-refractivity contribution >= 4 is 17.7 Å². The zero-order chi connectivity index (χ0) is 20.3. The molecule has 2 aliphatic carbocycles. The van der Waals surface area contributed by atoms with Gasteiger partial charge in [-0.1, -0.05) is 38.5 Å². The Balaban J connectivity index is 1.75. The van der Waals surface area contributed by atoms with Crippen LogP contribution in [0.25, 0.3) is 0 Å². The smallest absolute Gasteiger partial charge is 0.338 e. The topological polar surface area (TPSA) is 69.7 Å². The van der Waals surface area contributed by atoms with E-state index >= 15 is 0 Å². The summed E-state index contributed by atoms with van der Waals surface area (Å²) in [6.07, 6.45) is 3.26. The molecule has 0 bridgehead atoms. The van der Waals surface area contributed by atoms with E-state index in [-0.39, 0.29) is 42.3 Å². The second-order valence-electron chi connectivity index (χ2n) is 8.33. The van der Waals surface area contributed by atoms with E-state index in [1.807, 2.05) is 25.1 Å². The van der Waals surface area contributed by atoms with Gasteiger partial charge in [-0.25, -0.2) is 4.79 Å². The van der Waals surface area contributed by atoms with Crippen molar-refractivity contribution in [1.29, 1.82) is 0 Å². The van der Waals surface area contributed by atoms with Crippen molar-refractivity contribution in [3.05, 3.63) is 35.9 Å². The van der Waals surface area contributed by atoms with E-state index in [1.54, 1.807) is 19.1 Å². The van der Waals surface area contributed by atoms with E-state index in [0.717, 1.165) is 12.8 Å². The zero-order valence-electron chi connectivity index (χ0n) is 17.0. The first-order valence-electron chi connectivity index (χ1n) is 10.4. The summed E-state index contributed by atoms with van der Waals surface area (Å²) in [7, 11) is 0. The molecule has 0 amide bonds. The van der Waals surface area contributed by atoms with Crippen molar-refractivity contribution in [3.8, 4) is 0 Å². The number of carbonyl (C=O) groups is 3. The lowest BCUT2D eigenvalue weighted by atomic mass is 9.58. The molecule has 0 N–H and O–H groups in total. The standard InChI is InChI=1S/C23H30O5/c1-4-27-22(26)17-11-8-12-18-15(2)19(13-14-23(18,3)20(17)24)28-21(25)16-9-6-5-7-10-16/h5-7,9-10,15,17-19H,4,8,11-14H2,1-3H3/t15-,17?,18-,19-,23-/m1/s1. The lowest BCUT2D eigenvalue weighted by molar-refractivity contribution is -0.157. The first-order chi connectivity index (χ1) is 13.4. The molecule has 0 saturated heterocycles. The van der Waals surface area contributed by atoms with Gasteiger partial charge in [0.05, 0.1) is 12.2 Å². The van der Waals surface area contributed by atoms with Crippen LogP contribution in [0.3, 0.4) is 0 Å². The molecule has 2 fully saturated rings. The molecule has 1 aromatic carbocycles. The molecule has 0 aromatic heterocycles. The van der Waals surface area contributed by atoms with Crippen LogP contribution < -0.4 is 0 Å². The van der Waals surface area contributed by atoms with E-state index in [1.165, 1.54) is 0 Å². The lowest BCUT2D eigenvalue weighted by Gasteiger charge is -2.47. The van der Waals surface area contributed by atoms with Gasteiger partial charge in [-0.05, 0) is 56.6 Å². The van der Waals surface area contributed by atoms with Gasteiger partial charge in [0.15, 0.2) is 5.78 Å². The second kappa shape index (κ2) is 8.46. The maximum absolute atomic E-state index is 13.3. The van der Waals surface area contributed by atoms with Crippen LogP contribution in [-0.4, -0.2) is 30.4 Å². The number of ketones is 1. The van der Waals surface area contributed by atoms with Crippen LogP contribution in [0, 0.1) is 23.2 Å². The molecule has 1 unspecified atom stereocenters. The Kier molecular flexibility index (Phi) is 6.21. The fraction of sp³-hybridized carbons (Fsp3) is 0.609. The summed E-state index contributed by atoms with van der Waals surface area (Å²) in [4.78, 5) is 38.1. The Bertz CT molecular complexity index is 728. The largest absolute Gasteiger partial charge is 0.465 e. The van der Waals surface area contributed by atoms with Crippen molar-refractivity contribution in [1.82, 2.24) is 0 Å². The lowest BCUT2D eigenvalue weighted by Crippen LogP contribution is -2.50. The van der Waals surface area contributed by atoms with Crippen LogP contribution in [0.15, 0.2) is 30.3 Å². The van der Waals surface area contributed by atoms with Gasteiger partial charge in [0.1, 0.15) is 12.0 Å². The molecular weight excluding hydrogens is 356 g/mol. The number of Topliss-reactive ketones (excluding diaryl/α,β-unsaturated/α-hetero) is 1. The molecule has 0 heterocycles. The Morgan fingerprint density at radius 2 is 1.86 bits per heavy atom. The van der Waals surface area contributed by atoms with E-state index < -0.39 is 11.3 Å². The summed E-state index contributed by atoms with van der Waals surface area (Å²) in [5.41, 5.74) is -0.0226. The minimum atomic E-state index is -0.662. The Labute approximate surface area is 166 Å². The molecule has 28 heavy (non-hydrogen) atoms. The van der Waals surface area contributed by atoms with Gasteiger partial charge < -0.3 is 9.47 Å². The Morgan fingerprint density at radius 3 is 2.54 bits per heavy atom. The van der Waals surface area contributed by atoms with Crippen LogP contribution in [0.2, 0.25) is 0 Å². The maximum Gasteiger partial charge on any atom is 0.338 e. The number of hydrogen-bond donors (Lipinski definition) is 0. The molecule has 0 spiro atoms. The summed E-state index contributed by atoms with van der Waals surface area (Å²) in [6, 6.07) is 9.00. The van der Waals surface area contributed by atoms with Crippen molar-refractivity contribution < 1.29 is 23.9 Å². The predicted octanol–water partition coefficient (Wildman–Crippen LogP) is 4.20. The van der Waals surface area contributed by atoms with Crippen LogP contribution in [0.4, 0.5) is 0 Å². The highest BCUT2D eigenvalue weighted by Crippen LogP contribution is 2.51. The van der Waals surface area contributed by atoms with Crippen molar-refractivity contribution in [2.24, 2.45) is 23.2 Å². The third-order valence-electron chi connectivity index (χ3n) is 6.71. The summed E-state index contributed by atoms with van der Waals surface area (Å²) in [5.74, 6) is -1.19. The van der Waals surface area contributed by atoms with E-state index in [2.05, 4.69) is 6.92 Å². The van der Waals surface area contributed by atoms with Crippen LogP contribution in [-0.2, 0) is 19.1 Å². The summed E-state index contributed by atoms with van der Waals surface area (Å²) < 4.78 is 11.0. The van der Waals surface area contributed by atoms with E-state index in [9.17, 15) is 14.4 Å². The SMILES string of the molecule is CCOC(=O)C1CCC[C@@H]2[C@@H](C)[C@H](OC(=O)c3ccccc3)CC[C@@]2(C)C1=O. The molecule has 152 valence electrons. The third kappa shape index (κ3) is 3.85. The summed E-state index contributed by atoms with van der Waals surface area (Å²) >= 11 is 0. The van der Waals surface area contributed by atoms with Crippen LogP contribution in [0.5, 0.6) is 0 Å². The minimum absolute atomic E-state index is 0.00753. The van der Waals surface area contributed by atoms with Crippen molar-refractivity contribution in [2.45, 2.75) is 59.0 Å². The fourth-order valence-corrected chi connectivity index (χ4v) is 5.10. The van der Waals surface area contributed by atoms with Crippen molar-refractivity contribution in [2.75, 3.05) is 6.61 Å². The molecule has 0 aliphatic heterocycles. The molecule has 5 heteroatoms. The number of esters is 2. The van der Waals surface area contributed by atoms with Gasteiger partial charge in [-0.2, -0.15) is 0 Å². The summed E-state index contributed by atoms with van der Waals surface area (Å²) in [6.45, 7) is 6.11. The van der Waals surface area contributed by atoms with Crippen LogP contribution in [0.1, 0.15) is 63.2 Å². The first-order valence-corrected chi connectivity index (χ1v) is 10.4. The zero-order valence-corrected chi connectivity index (χ0v) is 17.0. The number of fused-ring (bicyclic) bond motifs is 1. The van der Waals surface area contributed by atoms with Crippen molar-refractivity contribution in [3.63, 3.8) is 0 Å². The molecule has 2 aliphatic rings. The highest BCUT2D eigenvalue weighted by molar-refractivity contribution is 6.02. The first kappa shape index (κ1) is 20.6. The molecule has 3 rings (SSSR count). The monoisotopic (exact) mass is 386 g/mol. The highest BCUT2D eigenvalue weighted by atomic mass is 16.5. The number of carbonyl (C=O) groups excluding carboxylic acids is 3. The fourth-order valence-electron chi connectivity index (χ4n) is 5.10. The molecule has 5 atom stereocenters. The Hall–Kier alpha value is -2.17. The second-order valence-corrected chi connectivity index (χ2v) is 8.33. The van der Waals surface area contributed by atoms with Gasteiger partial charge in [0, 0.05) is 5.41 Å². The summed E-state index contributed by atoms with van der Waals surface area (Å²) in [5, 5.41) is 0. The molecular formula is C23H30O5. The van der Waals surface area contributed by atoms with Gasteiger partial charge in [-0.3, -0.25) is 9.59 Å². The Morgan fingerprint density at radius 1 is 1.14 bits per heavy atom. The normalized spacial score (nSPS) is 32.8. The molecule has 0 radical (unpaired) electrons. The molecule has 5 nitrogen and oxygen atoms in total. The van der Waals surface area contributed by atoms with Gasteiger partial charge in [0.25, 0.3) is 0 Å². The molecule has 2 saturated carbocycles. The van der Waals surface area contributed by atoms with E-state index in [4.69, 9.17) is 9.47 Å². The number of rotatable bonds is 4. The average molecular weight is 386 g/mol. The quantitative estimate of drug-likeness (QED) is 0.573. The minimum Gasteiger partial charge on any atom is -0.465 e. The predicted molar refractivity (Wildman–Crippen MR) is 105 cm³/mol. The average Bonchev–Trinajstić information content (AvgIpc) is 2.82. The number of ether oxygens (including phenoxy) is 2. The molecule has 1 aromatic rings. The van der Waals surface area contributed by atoms with Crippen LogP contribution >= 0.6 is 0 Å². The van der Waals surface area contributed by atoms with Gasteiger partial charge >= 0.3 is 11.9 Å². The van der Waals surface area contributed by atoms with Gasteiger partial charge in [0.2, 0.25) is 0 Å². The maximum atomic E-state index is 13.3. The van der Waals surface area contributed by atoms with Gasteiger partial charge in [-0.15, -0.1) is 0 Å². The number of hydrogen-bond acceptors (Lipinski definition) is 5. The third-order valence-corrected chi connectivity index (χ3v) is 6.71. The van der Waals surface area contributed by atoms with E-state index in [0.29, 0.717) is 24.8 Å².